The van der Waals surface area contributed by atoms with Crippen LogP contribution in [0.2, 0.25) is 0 Å². The van der Waals surface area contributed by atoms with E-state index >= 15 is 0 Å². The predicted octanol–water partition coefficient (Wildman–Crippen LogP) is 3.19. The third-order valence-electron chi connectivity index (χ3n) is 2.05. The van der Waals surface area contributed by atoms with Crippen molar-refractivity contribution in [1.29, 1.82) is 0 Å². The van der Waals surface area contributed by atoms with Crippen molar-refractivity contribution in [2.75, 3.05) is 0 Å². The molecule has 19 heavy (non-hydrogen) atoms. The highest BCUT2D eigenvalue weighted by Crippen LogP contribution is 2.28. The SMILES string of the molecule is CC.CC.O=c1[nH]c2ccccc2c(O)c1[N+](=O)[O-]. The molecule has 0 radical (unpaired) electrons. The second-order valence-electron chi connectivity index (χ2n) is 2.95. The molecule has 0 spiro atoms. The van der Waals surface area contributed by atoms with Gasteiger partial charge in [-0.15, -0.1) is 0 Å². The highest BCUT2D eigenvalue weighted by molar-refractivity contribution is 5.87. The molecular weight excluding hydrogens is 248 g/mol. The van der Waals surface area contributed by atoms with E-state index in [0.29, 0.717) is 5.52 Å². The Morgan fingerprint density at radius 3 is 2.21 bits per heavy atom. The van der Waals surface area contributed by atoms with Crippen LogP contribution >= 0.6 is 0 Å². The van der Waals surface area contributed by atoms with Crippen molar-refractivity contribution >= 4 is 16.6 Å². The summed E-state index contributed by atoms with van der Waals surface area (Å²) in [4.78, 5) is 23.2. The van der Waals surface area contributed by atoms with Crippen LogP contribution < -0.4 is 5.56 Å². The van der Waals surface area contributed by atoms with Gasteiger partial charge < -0.3 is 10.1 Å². The highest BCUT2D eigenvalue weighted by atomic mass is 16.6. The van der Waals surface area contributed by atoms with Gasteiger partial charge >= 0.3 is 11.2 Å². The second kappa shape index (κ2) is 7.86. The first-order chi connectivity index (χ1) is 9.11. The average Bonchev–Trinajstić information content (AvgIpc) is 2.43. The van der Waals surface area contributed by atoms with Crippen LogP contribution in [0.1, 0.15) is 27.7 Å². The van der Waals surface area contributed by atoms with E-state index in [1.54, 1.807) is 18.2 Å². The Kier molecular flexibility index (Phi) is 6.88. The summed E-state index contributed by atoms with van der Waals surface area (Å²) in [5.74, 6) is -0.598. The Morgan fingerprint density at radius 1 is 1.16 bits per heavy atom. The minimum absolute atomic E-state index is 0.254. The summed E-state index contributed by atoms with van der Waals surface area (Å²) < 4.78 is 0. The molecule has 6 nitrogen and oxygen atoms in total. The van der Waals surface area contributed by atoms with Crippen LogP contribution in [-0.4, -0.2) is 15.0 Å². The zero-order valence-corrected chi connectivity index (χ0v) is 11.4. The molecule has 2 rings (SSSR count). The van der Waals surface area contributed by atoms with Gasteiger partial charge in [-0.3, -0.25) is 14.9 Å². The minimum Gasteiger partial charge on any atom is -0.501 e. The molecule has 0 atom stereocenters. The molecule has 0 fully saturated rings. The summed E-state index contributed by atoms with van der Waals surface area (Å²) >= 11 is 0. The summed E-state index contributed by atoms with van der Waals surface area (Å²) in [6.07, 6.45) is 0. The molecule has 0 saturated heterocycles. The Labute approximate surface area is 110 Å². The molecule has 6 heteroatoms. The number of aromatic hydroxyl groups is 1. The van der Waals surface area contributed by atoms with Crippen molar-refractivity contribution in [3.8, 4) is 5.75 Å². The van der Waals surface area contributed by atoms with Crippen LogP contribution in [0.5, 0.6) is 5.75 Å². The van der Waals surface area contributed by atoms with Crippen molar-refractivity contribution in [1.82, 2.24) is 4.98 Å². The normalized spacial score (nSPS) is 8.84. The molecule has 1 heterocycles. The van der Waals surface area contributed by atoms with E-state index in [1.807, 2.05) is 27.7 Å². The molecule has 0 aliphatic rings. The van der Waals surface area contributed by atoms with Crippen LogP contribution in [0.3, 0.4) is 0 Å². The van der Waals surface area contributed by atoms with Crippen LogP contribution in [0, 0.1) is 10.1 Å². The lowest BCUT2D eigenvalue weighted by Gasteiger charge is -2.00. The Morgan fingerprint density at radius 2 is 1.68 bits per heavy atom. The van der Waals surface area contributed by atoms with Gasteiger partial charge in [0.1, 0.15) is 0 Å². The van der Waals surface area contributed by atoms with Gasteiger partial charge in [-0.25, -0.2) is 0 Å². The molecule has 2 N–H and O–H groups in total. The number of nitrogens with zero attached hydrogens (tertiary/aromatic N) is 1. The summed E-state index contributed by atoms with van der Waals surface area (Å²) in [5.41, 5.74) is -1.37. The molecule has 2 aromatic rings. The molecule has 0 saturated carbocycles. The van der Waals surface area contributed by atoms with Crippen LogP contribution in [0.25, 0.3) is 10.9 Å². The number of hydrogen-bond donors (Lipinski definition) is 2. The Hall–Kier alpha value is -2.37. The summed E-state index contributed by atoms with van der Waals surface area (Å²) in [5, 5.41) is 20.3. The van der Waals surface area contributed by atoms with E-state index in [1.165, 1.54) is 6.07 Å². The van der Waals surface area contributed by atoms with Crippen molar-refractivity contribution in [2.45, 2.75) is 27.7 Å². The van der Waals surface area contributed by atoms with Gasteiger partial charge in [0.05, 0.1) is 10.4 Å². The molecule has 0 aliphatic carbocycles. The van der Waals surface area contributed by atoms with E-state index in [2.05, 4.69) is 4.98 Å². The first-order valence-corrected chi connectivity index (χ1v) is 6.09. The number of benzene rings is 1. The minimum atomic E-state index is -0.906. The number of pyridine rings is 1. The maximum atomic E-state index is 11.2. The Bertz CT molecular complexity index is 605. The van der Waals surface area contributed by atoms with Gasteiger partial charge in [-0.05, 0) is 12.1 Å². The van der Waals surface area contributed by atoms with E-state index in [0.717, 1.165) is 0 Å². The first-order valence-electron chi connectivity index (χ1n) is 6.09. The Balaban J connectivity index is 0.000000741. The largest absolute Gasteiger partial charge is 0.501 e. The predicted molar refractivity (Wildman–Crippen MR) is 75.6 cm³/mol. The number of aromatic nitrogens is 1. The fourth-order valence-electron chi connectivity index (χ4n) is 1.38. The molecule has 0 unspecified atom stereocenters. The summed E-state index contributed by atoms with van der Waals surface area (Å²) in [7, 11) is 0. The first kappa shape index (κ1) is 16.6. The van der Waals surface area contributed by atoms with Crippen molar-refractivity contribution in [3.05, 3.63) is 44.7 Å². The monoisotopic (exact) mass is 266 g/mol. The van der Waals surface area contributed by atoms with Gasteiger partial charge in [-0.2, -0.15) is 0 Å². The average molecular weight is 266 g/mol. The molecule has 1 aromatic carbocycles. The number of hydrogen-bond acceptors (Lipinski definition) is 4. The van der Waals surface area contributed by atoms with Crippen molar-refractivity contribution < 1.29 is 10.0 Å². The van der Waals surface area contributed by atoms with Gasteiger partial charge in [-0.1, -0.05) is 39.8 Å². The molecule has 0 amide bonds. The number of nitro groups is 1. The number of fused-ring (bicyclic) bond motifs is 1. The number of para-hydroxylation sites is 1. The van der Waals surface area contributed by atoms with Crippen LogP contribution in [-0.2, 0) is 0 Å². The van der Waals surface area contributed by atoms with Crippen molar-refractivity contribution in [2.24, 2.45) is 0 Å². The number of aromatic amines is 1. The van der Waals surface area contributed by atoms with Crippen LogP contribution in [0.15, 0.2) is 29.1 Å². The third-order valence-corrected chi connectivity index (χ3v) is 2.05. The van der Waals surface area contributed by atoms with E-state index in [-0.39, 0.29) is 5.39 Å². The lowest BCUT2D eigenvalue weighted by Crippen LogP contribution is -2.11. The maximum absolute atomic E-state index is 11.2. The maximum Gasteiger partial charge on any atom is 0.375 e. The zero-order valence-electron chi connectivity index (χ0n) is 11.4. The number of nitrogens with one attached hydrogen (secondary N) is 1. The zero-order chi connectivity index (χ0) is 15.0. The fraction of sp³-hybridized carbons (Fsp3) is 0.308. The third kappa shape index (κ3) is 3.54. The quantitative estimate of drug-likeness (QED) is 0.612. The smallest absolute Gasteiger partial charge is 0.375 e. The van der Waals surface area contributed by atoms with E-state index in [4.69, 9.17) is 0 Å². The van der Waals surface area contributed by atoms with Gasteiger partial charge in [0.25, 0.3) is 0 Å². The highest BCUT2D eigenvalue weighted by Gasteiger charge is 2.21. The number of H-pyrrole nitrogens is 1. The van der Waals surface area contributed by atoms with E-state index in [9.17, 15) is 20.0 Å². The second-order valence-corrected chi connectivity index (χ2v) is 2.95. The van der Waals surface area contributed by atoms with Crippen LogP contribution in [0.4, 0.5) is 5.69 Å². The lowest BCUT2D eigenvalue weighted by molar-refractivity contribution is -0.387. The van der Waals surface area contributed by atoms with Crippen molar-refractivity contribution in [3.63, 3.8) is 0 Å². The van der Waals surface area contributed by atoms with Gasteiger partial charge in [0.2, 0.25) is 5.75 Å². The van der Waals surface area contributed by atoms with Gasteiger partial charge in [0.15, 0.2) is 0 Å². The topological polar surface area (TPSA) is 96.2 Å². The molecule has 1 aromatic heterocycles. The summed E-state index contributed by atoms with van der Waals surface area (Å²) in [6.45, 7) is 8.00. The number of rotatable bonds is 1. The van der Waals surface area contributed by atoms with E-state index < -0.39 is 21.9 Å². The molecule has 0 bridgehead atoms. The van der Waals surface area contributed by atoms with Gasteiger partial charge in [0, 0.05) is 5.39 Å². The summed E-state index contributed by atoms with van der Waals surface area (Å²) in [6, 6.07) is 6.32. The standard InChI is InChI=1S/C9H6N2O4.2C2H6/c12-8-5-3-1-2-4-6(5)10-9(13)7(8)11(14)15;2*1-2/h1-4H,(H2,10,12,13);2*1-2H3. The molecule has 104 valence electrons. The molecule has 0 aliphatic heterocycles. The lowest BCUT2D eigenvalue weighted by atomic mass is 10.2. The molecular formula is C13H18N2O4. The fourth-order valence-corrected chi connectivity index (χ4v) is 1.38.